The molecule has 11 nitrogen and oxygen atoms in total. The van der Waals surface area contributed by atoms with Gasteiger partial charge in [-0.3, -0.25) is 4.79 Å². The number of nitrogens with one attached hydrogen (secondary N) is 2. The molecule has 0 spiro atoms. The van der Waals surface area contributed by atoms with Crippen LogP contribution in [0.15, 0.2) is 41.4 Å². The molecule has 164 valence electrons. The Kier molecular flexibility index (Phi) is 5.25. The van der Waals surface area contributed by atoms with E-state index in [-0.39, 0.29) is 23.5 Å². The minimum absolute atomic E-state index is 0.0120. The number of ether oxygens (including phenoxy) is 1. The standard InChI is InChI=1S/C21H22N8O3/c1-12-8-25-15-3-2-13(11-29(12)15)16-17(21-24-5-7-32-21)28-19(22)18(27-16)20(30)26-10-14-9-23-4-6-31-14/h2-3,5,7-8,11,14,23H,4,6,9-10H2,1H3,(H2,22,28)(H,26,30). The molecule has 1 saturated heterocycles. The maximum absolute atomic E-state index is 12.9. The molecule has 1 amide bonds. The summed E-state index contributed by atoms with van der Waals surface area (Å²) in [5.74, 6) is -0.179. The van der Waals surface area contributed by atoms with Gasteiger partial charge in [0.1, 0.15) is 17.6 Å². The fourth-order valence-electron chi connectivity index (χ4n) is 3.59. The van der Waals surface area contributed by atoms with Gasteiger partial charge >= 0.3 is 0 Å². The van der Waals surface area contributed by atoms with E-state index in [0.29, 0.717) is 36.6 Å². The number of hydrogen-bond donors (Lipinski definition) is 3. The molecule has 0 aromatic carbocycles. The Balaban J connectivity index is 1.54. The first-order valence-electron chi connectivity index (χ1n) is 10.2. The molecule has 4 N–H and O–H groups in total. The number of nitrogens with two attached hydrogens (primary N) is 1. The van der Waals surface area contributed by atoms with Crippen LogP contribution in [0.1, 0.15) is 16.2 Å². The van der Waals surface area contributed by atoms with E-state index in [0.717, 1.165) is 17.9 Å². The van der Waals surface area contributed by atoms with Crippen LogP contribution >= 0.6 is 0 Å². The fourth-order valence-corrected chi connectivity index (χ4v) is 3.59. The summed E-state index contributed by atoms with van der Waals surface area (Å²) in [5, 5.41) is 6.06. The summed E-state index contributed by atoms with van der Waals surface area (Å²) >= 11 is 0. The van der Waals surface area contributed by atoms with Crippen molar-refractivity contribution in [1.29, 1.82) is 0 Å². The maximum Gasteiger partial charge on any atom is 0.273 e. The van der Waals surface area contributed by atoms with Crippen molar-refractivity contribution in [3.05, 3.63) is 48.4 Å². The molecule has 0 saturated carbocycles. The number of aromatic nitrogens is 5. The van der Waals surface area contributed by atoms with E-state index in [1.807, 2.05) is 29.7 Å². The number of carbonyl (C=O) groups is 1. The van der Waals surface area contributed by atoms with Crippen molar-refractivity contribution in [2.75, 3.05) is 32.0 Å². The average Bonchev–Trinajstić information content (AvgIpc) is 3.48. The number of nitrogen functional groups attached to an aromatic ring is 1. The van der Waals surface area contributed by atoms with Crippen LogP contribution in [0.4, 0.5) is 5.82 Å². The van der Waals surface area contributed by atoms with Gasteiger partial charge in [-0.2, -0.15) is 0 Å². The lowest BCUT2D eigenvalue weighted by atomic mass is 10.1. The van der Waals surface area contributed by atoms with Gasteiger partial charge in [-0.25, -0.2) is 19.9 Å². The summed E-state index contributed by atoms with van der Waals surface area (Å²) in [4.78, 5) is 30.4. The Morgan fingerprint density at radius 1 is 1.31 bits per heavy atom. The van der Waals surface area contributed by atoms with Gasteiger partial charge in [-0.1, -0.05) is 0 Å². The second kappa shape index (κ2) is 8.36. The Bertz CT molecular complexity index is 1260. The van der Waals surface area contributed by atoms with Gasteiger partial charge in [-0.15, -0.1) is 0 Å². The lowest BCUT2D eigenvalue weighted by molar-refractivity contribution is 0.0287. The quantitative estimate of drug-likeness (QED) is 0.419. The van der Waals surface area contributed by atoms with Gasteiger partial charge in [0.2, 0.25) is 5.89 Å². The normalized spacial score (nSPS) is 16.3. The molecule has 32 heavy (non-hydrogen) atoms. The zero-order chi connectivity index (χ0) is 22.1. The molecule has 0 radical (unpaired) electrons. The van der Waals surface area contributed by atoms with Crippen LogP contribution in [0.25, 0.3) is 28.5 Å². The van der Waals surface area contributed by atoms with Crippen molar-refractivity contribution in [1.82, 2.24) is 35.0 Å². The monoisotopic (exact) mass is 434 g/mol. The van der Waals surface area contributed by atoms with E-state index in [4.69, 9.17) is 14.9 Å². The van der Waals surface area contributed by atoms with Gasteiger partial charge in [0.15, 0.2) is 17.2 Å². The van der Waals surface area contributed by atoms with Crippen LogP contribution in [0, 0.1) is 6.92 Å². The fraction of sp³-hybridized carbons (Fsp3) is 0.286. The summed E-state index contributed by atoms with van der Waals surface area (Å²) in [6.07, 6.45) is 6.51. The van der Waals surface area contributed by atoms with Crippen LogP contribution in [0.3, 0.4) is 0 Å². The zero-order valence-electron chi connectivity index (χ0n) is 17.4. The largest absolute Gasteiger partial charge is 0.443 e. The predicted molar refractivity (Wildman–Crippen MR) is 116 cm³/mol. The molecule has 1 fully saturated rings. The zero-order valence-corrected chi connectivity index (χ0v) is 17.4. The SMILES string of the molecule is Cc1cnc2ccc(-c3nc(C(=O)NCC4CNCCO4)c(N)nc3-c3ncco3)cn12. The number of amides is 1. The number of morpholine rings is 1. The highest BCUT2D eigenvalue weighted by Gasteiger charge is 2.23. The van der Waals surface area contributed by atoms with Gasteiger partial charge in [0.25, 0.3) is 5.91 Å². The van der Waals surface area contributed by atoms with Crippen molar-refractivity contribution in [3.8, 4) is 22.8 Å². The third-order valence-corrected chi connectivity index (χ3v) is 5.23. The van der Waals surface area contributed by atoms with Crippen LogP contribution in [0.5, 0.6) is 0 Å². The van der Waals surface area contributed by atoms with E-state index < -0.39 is 5.91 Å². The number of imidazole rings is 1. The molecule has 1 aliphatic heterocycles. The number of fused-ring (bicyclic) bond motifs is 1. The minimum Gasteiger partial charge on any atom is -0.443 e. The summed E-state index contributed by atoms with van der Waals surface area (Å²) in [7, 11) is 0. The Morgan fingerprint density at radius 2 is 2.22 bits per heavy atom. The number of carbonyl (C=O) groups excluding carboxylic acids is 1. The molecule has 1 atom stereocenters. The van der Waals surface area contributed by atoms with Crippen LogP contribution in [0.2, 0.25) is 0 Å². The van der Waals surface area contributed by atoms with E-state index in [2.05, 4.69) is 30.6 Å². The number of oxazole rings is 1. The molecular formula is C21H22N8O3. The summed E-state index contributed by atoms with van der Waals surface area (Å²) in [6, 6.07) is 3.73. The third-order valence-electron chi connectivity index (χ3n) is 5.23. The van der Waals surface area contributed by atoms with Gasteiger partial charge in [0, 0.05) is 43.3 Å². The Hall–Kier alpha value is -3.83. The first-order valence-corrected chi connectivity index (χ1v) is 10.2. The van der Waals surface area contributed by atoms with Crippen molar-refractivity contribution in [2.45, 2.75) is 13.0 Å². The molecule has 4 aromatic heterocycles. The van der Waals surface area contributed by atoms with E-state index in [9.17, 15) is 4.79 Å². The highest BCUT2D eigenvalue weighted by molar-refractivity contribution is 5.97. The molecular weight excluding hydrogens is 412 g/mol. The second-order valence-corrected chi connectivity index (χ2v) is 7.44. The molecule has 0 aliphatic carbocycles. The second-order valence-electron chi connectivity index (χ2n) is 7.44. The highest BCUT2D eigenvalue weighted by atomic mass is 16.5. The number of nitrogens with zero attached hydrogens (tertiary/aromatic N) is 5. The lowest BCUT2D eigenvalue weighted by Crippen LogP contribution is -2.45. The predicted octanol–water partition coefficient (Wildman–Crippen LogP) is 1.06. The number of anilines is 1. The number of pyridine rings is 1. The number of rotatable bonds is 5. The minimum atomic E-state index is -0.427. The van der Waals surface area contributed by atoms with Crippen molar-refractivity contribution in [2.24, 2.45) is 0 Å². The Labute approximate surface area is 183 Å². The first-order chi connectivity index (χ1) is 15.6. The van der Waals surface area contributed by atoms with Crippen molar-refractivity contribution < 1.29 is 13.9 Å². The molecule has 0 bridgehead atoms. The van der Waals surface area contributed by atoms with Gasteiger partial charge < -0.3 is 29.9 Å². The highest BCUT2D eigenvalue weighted by Crippen LogP contribution is 2.30. The molecule has 4 aromatic rings. The molecule has 11 heteroatoms. The maximum atomic E-state index is 12.9. The van der Waals surface area contributed by atoms with E-state index in [1.165, 1.54) is 12.5 Å². The van der Waals surface area contributed by atoms with Crippen molar-refractivity contribution in [3.63, 3.8) is 0 Å². The number of aryl methyl sites for hydroxylation is 1. The summed E-state index contributed by atoms with van der Waals surface area (Å²) in [5.41, 5.74) is 9.40. The van der Waals surface area contributed by atoms with E-state index >= 15 is 0 Å². The summed E-state index contributed by atoms with van der Waals surface area (Å²) in [6.45, 7) is 4.36. The molecule has 1 aliphatic rings. The topological polar surface area (TPSA) is 145 Å². The van der Waals surface area contributed by atoms with Gasteiger partial charge in [-0.05, 0) is 19.1 Å². The van der Waals surface area contributed by atoms with E-state index in [1.54, 1.807) is 6.20 Å². The average molecular weight is 434 g/mol. The molecule has 1 unspecified atom stereocenters. The first kappa shape index (κ1) is 20.1. The van der Waals surface area contributed by atoms with Crippen molar-refractivity contribution >= 4 is 17.4 Å². The third kappa shape index (κ3) is 3.79. The Morgan fingerprint density at radius 3 is 3.00 bits per heavy atom. The van der Waals surface area contributed by atoms with Crippen LogP contribution < -0.4 is 16.4 Å². The van der Waals surface area contributed by atoms with Crippen LogP contribution in [-0.2, 0) is 4.74 Å². The molecule has 5 rings (SSSR count). The van der Waals surface area contributed by atoms with Gasteiger partial charge in [0.05, 0.1) is 18.9 Å². The summed E-state index contributed by atoms with van der Waals surface area (Å²) < 4.78 is 13.0. The number of hydrogen-bond acceptors (Lipinski definition) is 9. The van der Waals surface area contributed by atoms with Crippen LogP contribution in [-0.4, -0.2) is 62.6 Å². The smallest absolute Gasteiger partial charge is 0.273 e. The lowest BCUT2D eigenvalue weighted by Gasteiger charge is -2.23. The molecule has 5 heterocycles.